The molecule has 1 aromatic carbocycles. The van der Waals surface area contributed by atoms with Crippen LogP contribution in [-0.2, 0) is 11.2 Å². The summed E-state index contributed by atoms with van der Waals surface area (Å²) in [4.78, 5) is 26.0. The number of carbonyl (C=O) groups excluding carboxylic acids is 2. The summed E-state index contributed by atoms with van der Waals surface area (Å²) in [5.74, 6) is 0.418. The Morgan fingerprint density at radius 1 is 1.23 bits per heavy atom. The maximum Gasteiger partial charge on any atom is 0.287 e. The van der Waals surface area contributed by atoms with Gasteiger partial charge in [-0.25, -0.2) is 0 Å². The highest BCUT2D eigenvalue weighted by atomic mass is 16.3. The second-order valence-electron chi connectivity index (χ2n) is 5.37. The van der Waals surface area contributed by atoms with Gasteiger partial charge in [0, 0.05) is 12.2 Å². The molecule has 3 rings (SSSR count). The van der Waals surface area contributed by atoms with Crippen molar-refractivity contribution < 1.29 is 14.0 Å². The van der Waals surface area contributed by atoms with Gasteiger partial charge in [0.1, 0.15) is 5.76 Å². The molecular formula is C17H18N2O3. The molecule has 2 heterocycles. The molecule has 2 aromatic rings. The van der Waals surface area contributed by atoms with Crippen molar-refractivity contribution >= 4 is 17.5 Å². The average Bonchev–Trinajstić information content (AvgIpc) is 2.98. The molecule has 22 heavy (non-hydrogen) atoms. The van der Waals surface area contributed by atoms with Crippen LogP contribution in [0.3, 0.4) is 0 Å². The molecule has 0 unspecified atom stereocenters. The number of furan rings is 1. The van der Waals surface area contributed by atoms with E-state index in [4.69, 9.17) is 4.42 Å². The third kappa shape index (κ3) is 2.88. The van der Waals surface area contributed by atoms with Crippen LogP contribution < -0.4 is 10.2 Å². The van der Waals surface area contributed by atoms with Gasteiger partial charge in [-0.05, 0) is 43.5 Å². The molecule has 0 radical (unpaired) electrons. The van der Waals surface area contributed by atoms with Gasteiger partial charge in [-0.3, -0.25) is 9.59 Å². The number of aryl methyl sites for hydroxylation is 2. The Morgan fingerprint density at radius 3 is 2.82 bits per heavy atom. The molecule has 5 heteroatoms. The van der Waals surface area contributed by atoms with Gasteiger partial charge in [0.2, 0.25) is 5.91 Å². The Kier molecular flexibility index (Phi) is 3.96. The van der Waals surface area contributed by atoms with Gasteiger partial charge >= 0.3 is 0 Å². The molecule has 0 saturated carbocycles. The lowest BCUT2D eigenvalue weighted by atomic mass is 10.0. The zero-order chi connectivity index (χ0) is 15.5. The minimum atomic E-state index is -0.369. The number of rotatable bonds is 3. The smallest absolute Gasteiger partial charge is 0.287 e. The molecule has 0 bridgehead atoms. The van der Waals surface area contributed by atoms with Crippen molar-refractivity contribution in [1.29, 1.82) is 0 Å². The third-order valence-electron chi connectivity index (χ3n) is 3.78. The average molecular weight is 298 g/mol. The SMILES string of the molecule is Cc1ccc(C(=O)NCC(=O)N2CCCc3ccccc32)o1. The van der Waals surface area contributed by atoms with Gasteiger partial charge in [-0.15, -0.1) is 0 Å². The first-order valence-corrected chi connectivity index (χ1v) is 7.38. The van der Waals surface area contributed by atoms with E-state index in [1.54, 1.807) is 24.0 Å². The van der Waals surface area contributed by atoms with Crippen LogP contribution in [0.2, 0.25) is 0 Å². The van der Waals surface area contributed by atoms with E-state index in [2.05, 4.69) is 5.32 Å². The minimum absolute atomic E-state index is 0.0348. The van der Waals surface area contributed by atoms with Gasteiger partial charge in [0.05, 0.1) is 6.54 Å². The van der Waals surface area contributed by atoms with E-state index < -0.39 is 0 Å². The summed E-state index contributed by atoms with van der Waals surface area (Å²) in [5, 5.41) is 2.62. The van der Waals surface area contributed by atoms with Crippen LogP contribution in [0.1, 0.15) is 28.3 Å². The molecule has 1 N–H and O–H groups in total. The molecule has 2 amide bonds. The van der Waals surface area contributed by atoms with Crippen molar-refractivity contribution in [3.8, 4) is 0 Å². The van der Waals surface area contributed by atoms with Crippen LogP contribution in [-0.4, -0.2) is 24.9 Å². The van der Waals surface area contributed by atoms with Crippen LogP contribution >= 0.6 is 0 Å². The molecular weight excluding hydrogens is 280 g/mol. The molecule has 1 aliphatic heterocycles. The monoisotopic (exact) mass is 298 g/mol. The summed E-state index contributed by atoms with van der Waals surface area (Å²) in [6, 6.07) is 11.2. The normalized spacial score (nSPS) is 13.6. The topological polar surface area (TPSA) is 62.6 Å². The fourth-order valence-corrected chi connectivity index (χ4v) is 2.69. The lowest BCUT2D eigenvalue weighted by Crippen LogP contribution is -2.42. The van der Waals surface area contributed by atoms with Gasteiger partial charge in [0.15, 0.2) is 5.76 Å². The van der Waals surface area contributed by atoms with Crippen molar-refractivity contribution in [3.63, 3.8) is 0 Å². The number of anilines is 1. The molecule has 1 aromatic heterocycles. The third-order valence-corrected chi connectivity index (χ3v) is 3.78. The fourth-order valence-electron chi connectivity index (χ4n) is 2.69. The van der Waals surface area contributed by atoms with Gasteiger partial charge in [-0.2, -0.15) is 0 Å². The number of nitrogens with zero attached hydrogens (tertiary/aromatic N) is 1. The van der Waals surface area contributed by atoms with Crippen LogP contribution in [0.4, 0.5) is 5.69 Å². The molecule has 0 fully saturated rings. The molecule has 0 aliphatic carbocycles. The van der Waals surface area contributed by atoms with E-state index in [0.29, 0.717) is 12.3 Å². The molecule has 0 spiro atoms. The van der Waals surface area contributed by atoms with Crippen molar-refractivity contribution in [2.75, 3.05) is 18.0 Å². The molecule has 1 aliphatic rings. The number of benzene rings is 1. The van der Waals surface area contributed by atoms with Crippen molar-refractivity contribution in [3.05, 3.63) is 53.5 Å². The maximum absolute atomic E-state index is 12.4. The van der Waals surface area contributed by atoms with E-state index in [9.17, 15) is 9.59 Å². The van der Waals surface area contributed by atoms with Crippen LogP contribution in [0.25, 0.3) is 0 Å². The number of amides is 2. The quantitative estimate of drug-likeness (QED) is 0.945. The summed E-state index contributed by atoms with van der Waals surface area (Å²) in [6.07, 6.45) is 1.92. The first-order chi connectivity index (χ1) is 10.6. The van der Waals surface area contributed by atoms with E-state index in [1.165, 1.54) is 5.56 Å². The number of carbonyl (C=O) groups is 2. The number of hydrogen-bond acceptors (Lipinski definition) is 3. The zero-order valence-corrected chi connectivity index (χ0v) is 12.5. The Balaban J connectivity index is 1.65. The summed E-state index contributed by atoms with van der Waals surface area (Å²) < 4.78 is 5.24. The highest BCUT2D eigenvalue weighted by Gasteiger charge is 2.22. The van der Waals surface area contributed by atoms with Crippen molar-refractivity contribution in [2.45, 2.75) is 19.8 Å². The van der Waals surface area contributed by atoms with E-state index in [-0.39, 0.29) is 24.1 Å². The second-order valence-corrected chi connectivity index (χ2v) is 5.37. The van der Waals surface area contributed by atoms with Crippen LogP contribution in [0.15, 0.2) is 40.8 Å². The summed E-state index contributed by atoms with van der Waals surface area (Å²) >= 11 is 0. The number of para-hydroxylation sites is 1. The maximum atomic E-state index is 12.4. The number of hydrogen-bond donors (Lipinski definition) is 1. The van der Waals surface area contributed by atoms with E-state index in [1.807, 2.05) is 24.3 Å². The van der Waals surface area contributed by atoms with Gasteiger partial charge in [-0.1, -0.05) is 18.2 Å². The first kappa shape index (κ1) is 14.4. The van der Waals surface area contributed by atoms with Gasteiger partial charge < -0.3 is 14.6 Å². The fraction of sp³-hybridized carbons (Fsp3) is 0.294. The Labute approximate surface area is 128 Å². The Hall–Kier alpha value is -2.56. The number of nitrogens with one attached hydrogen (secondary N) is 1. The second kappa shape index (κ2) is 6.05. The summed E-state index contributed by atoms with van der Waals surface area (Å²) in [7, 11) is 0. The standard InChI is InChI=1S/C17H18N2O3/c1-12-8-9-15(22-12)17(21)18-11-16(20)19-10-4-6-13-5-2-3-7-14(13)19/h2-3,5,7-9H,4,6,10-11H2,1H3,(H,18,21). The lowest BCUT2D eigenvalue weighted by molar-refractivity contribution is -0.117. The molecule has 0 saturated heterocycles. The Bertz CT molecular complexity index is 705. The summed E-state index contributed by atoms with van der Waals surface area (Å²) in [5.41, 5.74) is 2.12. The van der Waals surface area contributed by atoms with Crippen molar-refractivity contribution in [2.24, 2.45) is 0 Å². The minimum Gasteiger partial charge on any atom is -0.456 e. The highest BCUT2D eigenvalue weighted by molar-refractivity contribution is 6.00. The predicted octanol–water partition coefficient (Wildman–Crippen LogP) is 2.30. The summed E-state index contributed by atoms with van der Waals surface area (Å²) in [6.45, 7) is 2.42. The molecule has 5 nitrogen and oxygen atoms in total. The molecule has 0 atom stereocenters. The lowest BCUT2D eigenvalue weighted by Gasteiger charge is -2.29. The van der Waals surface area contributed by atoms with Crippen LogP contribution in [0, 0.1) is 6.92 Å². The largest absolute Gasteiger partial charge is 0.456 e. The van der Waals surface area contributed by atoms with E-state index in [0.717, 1.165) is 18.5 Å². The highest BCUT2D eigenvalue weighted by Crippen LogP contribution is 2.26. The first-order valence-electron chi connectivity index (χ1n) is 7.38. The zero-order valence-electron chi connectivity index (χ0n) is 12.5. The van der Waals surface area contributed by atoms with Gasteiger partial charge in [0.25, 0.3) is 5.91 Å². The van der Waals surface area contributed by atoms with Crippen molar-refractivity contribution in [1.82, 2.24) is 5.32 Å². The van der Waals surface area contributed by atoms with Crippen LogP contribution in [0.5, 0.6) is 0 Å². The van der Waals surface area contributed by atoms with E-state index >= 15 is 0 Å². The Morgan fingerprint density at radius 2 is 2.05 bits per heavy atom. The predicted molar refractivity (Wildman–Crippen MR) is 82.9 cm³/mol. The molecule has 114 valence electrons. The number of fused-ring (bicyclic) bond motifs is 1.